The van der Waals surface area contributed by atoms with E-state index in [0.29, 0.717) is 17.3 Å². The molecule has 2 aromatic heterocycles. The van der Waals surface area contributed by atoms with E-state index in [9.17, 15) is 9.59 Å². The molecule has 1 aromatic carbocycles. The Kier molecular flexibility index (Phi) is 4.46. The smallest absolute Gasteiger partial charge is 0.251 e. The molecule has 136 valence electrons. The summed E-state index contributed by atoms with van der Waals surface area (Å²) in [5.74, 6) is -0.266. The standard InChI is InChI=1S/C21H20N4O2/c1-14-12-25-13-18(9-10-19(25)22-14)23-20(26)11-4-15-2-5-16(6-3-15)21(27)24-17-7-8-17/h2-6,9-13,17H,7-8H2,1H3,(H,23,26)(H,24,27)/b11-4-. The number of hydrogen-bond acceptors (Lipinski definition) is 3. The van der Waals surface area contributed by atoms with Crippen molar-refractivity contribution < 1.29 is 9.59 Å². The second kappa shape index (κ2) is 7.07. The number of pyridine rings is 1. The number of anilines is 1. The predicted octanol–water partition coefficient (Wildman–Crippen LogP) is 3.19. The minimum absolute atomic E-state index is 0.0455. The molecule has 1 saturated carbocycles. The van der Waals surface area contributed by atoms with Gasteiger partial charge in [0.05, 0.1) is 11.4 Å². The van der Waals surface area contributed by atoms with Gasteiger partial charge < -0.3 is 15.0 Å². The monoisotopic (exact) mass is 360 g/mol. The van der Waals surface area contributed by atoms with Crippen LogP contribution < -0.4 is 10.6 Å². The zero-order chi connectivity index (χ0) is 18.8. The molecule has 3 aromatic rings. The SMILES string of the molecule is Cc1cn2cc(NC(=O)/C=C\c3ccc(C(=O)NC4CC4)cc3)ccc2n1. The highest BCUT2D eigenvalue weighted by molar-refractivity contribution is 6.02. The van der Waals surface area contributed by atoms with Crippen LogP contribution in [0.3, 0.4) is 0 Å². The molecule has 2 N–H and O–H groups in total. The number of hydrogen-bond donors (Lipinski definition) is 2. The quantitative estimate of drug-likeness (QED) is 0.686. The fraction of sp³-hybridized carbons (Fsp3) is 0.190. The van der Waals surface area contributed by atoms with Crippen molar-refractivity contribution in [2.75, 3.05) is 5.32 Å². The molecular formula is C21H20N4O2. The van der Waals surface area contributed by atoms with Crippen molar-refractivity contribution in [1.29, 1.82) is 0 Å². The van der Waals surface area contributed by atoms with Gasteiger partial charge >= 0.3 is 0 Å². The Bertz CT molecular complexity index is 1030. The third kappa shape index (κ3) is 4.23. The molecule has 1 fully saturated rings. The number of rotatable bonds is 5. The number of carbonyl (C=O) groups excluding carboxylic acids is 2. The minimum atomic E-state index is -0.221. The van der Waals surface area contributed by atoms with E-state index in [1.807, 2.05) is 48.0 Å². The van der Waals surface area contributed by atoms with Gasteiger partial charge in [0.25, 0.3) is 5.91 Å². The van der Waals surface area contributed by atoms with Crippen LogP contribution in [0.5, 0.6) is 0 Å². The molecular weight excluding hydrogens is 340 g/mol. The van der Waals surface area contributed by atoms with Gasteiger partial charge in [0.15, 0.2) is 0 Å². The zero-order valence-corrected chi connectivity index (χ0v) is 15.0. The van der Waals surface area contributed by atoms with Gasteiger partial charge in [-0.3, -0.25) is 9.59 Å². The van der Waals surface area contributed by atoms with E-state index in [1.54, 1.807) is 18.2 Å². The maximum atomic E-state index is 12.1. The average molecular weight is 360 g/mol. The first-order valence-corrected chi connectivity index (χ1v) is 8.92. The lowest BCUT2D eigenvalue weighted by Crippen LogP contribution is -2.25. The molecule has 0 radical (unpaired) electrons. The first-order chi connectivity index (χ1) is 13.1. The van der Waals surface area contributed by atoms with Crippen LogP contribution in [0, 0.1) is 6.92 Å². The molecule has 2 amide bonds. The minimum Gasteiger partial charge on any atom is -0.349 e. The molecule has 1 aliphatic rings. The first kappa shape index (κ1) is 17.0. The predicted molar refractivity (Wildman–Crippen MR) is 105 cm³/mol. The Hall–Kier alpha value is -3.41. The van der Waals surface area contributed by atoms with Crippen LogP contribution >= 0.6 is 0 Å². The van der Waals surface area contributed by atoms with Gasteiger partial charge in [0, 0.05) is 30.1 Å². The summed E-state index contributed by atoms with van der Waals surface area (Å²) in [6, 6.07) is 11.2. The molecule has 6 heteroatoms. The Morgan fingerprint density at radius 2 is 1.89 bits per heavy atom. The van der Waals surface area contributed by atoms with Gasteiger partial charge in [-0.1, -0.05) is 12.1 Å². The van der Waals surface area contributed by atoms with E-state index < -0.39 is 0 Å². The molecule has 0 spiro atoms. The summed E-state index contributed by atoms with van der Waals surface area (Å²) in [6.07, 6.45) is 9.06. The maximum absolute atomic E-state index is 12.1. The molecule has 6 nitrogen and oxygen atoms in total. The molecule has 4 rings (SSSR count). The van der Waals surface area contributed by atoms with E-state index in [-0.39, 0.29) is 11.8 Å². The van der Waals surface area contributed by atoms with E-state index in [2.05, 4.69) is 15.6 Å². The molecule has 0 saturated heterocycles. The van der Waals surface area contributed by atoms with Crippen molar-refractivity contribution in [3.63, 3.8) is 0 Å². The van der Waals surface area contributed by atoms with Crippen LogP contribution in [-0.4, -0.2) is 27.2 Å². The summed E-state index contributed by atoms with van der Waals surface area (Å²) in [5, 5.41) is 5.79. The maximum Gasteiger partial charge on any atom is 0.251 e. The van der Waals surface area contributed by atoms with Crippen molar-refractivity contribution in [1.82, 2.24) is 14.7 Å². The van der Waals surface area contributed by atoms with Crippen LogP contribution in [0.25, 0.3) is 11.7 Å². The Labute approximate surface area is 156 Å². The van der Waals surface area contributed by atoms with Gasteiger partial charge in [0.2, 0.25) is 5.91 Å². The van der Waals surface area contributed by atoms with E-state index in [0.717, 1.165) is 29.7 Å². The molecule has 1 aliphatic carbocycles. The molecule has 0 unspecified atom stereocenters. The normalized spacial score (nSPS) is 13.8. The fourth-order valence-corrected chi connectivity index (χ4v) is 2.79. The Morgan fingerprint density at radius 3 is 2.63 bits per heavy atom. The average Bonchev–Trinajstić information content (AvgIpc) is 3.39. The second-order valence-corrected chi connectivity index (χ2v) is 6.76. The number of carbonyl (C=O) groups is 2. The Balaban J connectivity index is 1.37. The third-order valence-corrected chi connectivity index (χ3v) is 4.35. The van der Waals surface area contributed by atoms with Crippen molar-refractivity contribution in [2.24, 2.45) is 0 Å². The number of nitrogens with zero attached hydrogens (tertiary/aromatic N) is 2. The highest BCUT2D eigenvalue weighted by Crippen LogP contribution is 2.19. The number of fused-ring (bicyclic) bond motifs is 1. The van der Waals surface area contributed by atoms with E-state index >= 15 is 0 Å². The van der Waals surface area contributed by atoms with Crippen molar-refractivity contribution >= 4 is 29.2 Å². The van der Waals surface area contributed by atoms with Crippen LogP contribution in [0.1, 0.15) is 34.5 Å². The van der Waals surface area contributed by atoms with Crippen LogP contribution in [0.4, 0.5) is 5.69 Å². The number of amides is 2. The summed E-state index contributed by atoms with van der Waals surface area (Å²) in [7, 11) is 0. The van der Waals surface area contributed by atoms with Gasteiger partial charge in [0.1, 0.15) is 5.65 Å². The van der Waals surface area contributed by atoms with Gasteiger partial charge in [-0.2, -0.15) is 0 Å². The molecule has 2 heterocycles. The largest absolute Gasteiger partial charge is 0.349 e. The highest BCUT2D eigenvalue weighted by atomic mass is 16.2. The van der Waals surface area contributed by atoms with Gasteiger partial charge in [-0.25, -0.2) is 4.98 Å². The molecule has 0 atom stereocenters. The second-order valence-electron chi connectivity index (χ2n) is 6.76. The molecule has 0 aliphatic heterocycles. The molecule has 27 heavy (non-hydrogen) atoms. The van der Waals surface area contributed by atoms with E-state index in [4.69, 9.17) is 0 Å². The summed E-state index contributed by atoms with van der Waals surface area (Å²) in [6.45, 7) is 1.93. The first-order valence-electron chi connectivity index (χ1n) is 8.92. The summed E-state index contributed by atoms with van der Waals surface area (Å²) in [4.78, 5) is 28.5. The third-order valence-electron chi connectivity index (χ3n) is 4.35. The zero-order valence-electron chi connectivity index (χ0n) is 15.0. The van der Waals surface area contributed by atoms with Crippen molar-refractivity contribution in [3.8, 4) is 0 Å². The summed E-state index contributed by atoms with van der Waals surface area (Å²) in [5.41, 5.74) is 3.95. The van der Waals surface area contributed by atoms with Crippen LogP contribution in [-0.2, 0) is 4.79 Å². The lowest BCUT2D eigenvalue weighted by atomic mass is 10.1. The summed E-state index contributed by atoms with van der Waals surface area (Å²) >= 11 is 0. The fourth-order valence-electron chi connectivity index (χ4n) is 2.79. The highest BCUT2D eigenvalue weighted by Gasteiger charge is 2.23. The summed E-state index contributed by atoms with van der Waals surface area (Å²) < 4.78 is 1.88. The van der Waals surface area contributed by atoms with Crippen LogP contribution in [0.15, 0.2) is 54.9 Å². The number of aryl methyl sites for hydroxylation is 1. The van der Waals surface area contributed by atoms with Crippen molar-refractivity contribution in [2.45, 2.75) is 25.8 Å². The van der Waals surface area contributed by atoms with Crippen molar-refractivity contribution in [3.05, 3.63) is 71.7 Å². The Morgan fingerprint density at radius 1 is 1.11 bits per heavy atom. The lowest BCUT2D eigenvalue weighted by Gasteiger charge is -2.04. The number of benzene rings is 1. The molecule has 0 bridgehead atoms. The lowest BCUT2D eigenvalue weighted by molar-refractivity contribution is -0.111. The topological polar surface area (TPSA) is 75.5 Å². The van der Waals surface area contributed by atoms with Crippen LogP contribution in [0.2, 0.25) is 0 Å². The van der Waals surface area contributed by atoms with Gasteiger partial charge in [-0.05, 0) is 55.7 Å². The number of aromatic nitrogens is 2. The number of nitrogens with one attached hydrogen (secondary N) is 2. The van der Waals surface area contributed by atoms with Gasteiger partial charge in [-0.15, -0.1) is 0 Å². The van der Waals surface area contributed by atoms with E-state index in [1.165, 1.54) is 6.08 Å². The number of imidazole rings is 1.